The van der Waals surface area contributed by atoms with E-state index in [1.54, 1.807) is 4.68 Å². The van der Waals surface area contributed by atoms with Crippen molar-refractivity contribution < 1.29 is 4.79 Å². The van der Waals surface area contributed by atoms with E-state index < -0.39 is 0 Å². The number of rotatable bonds is 3. The van der Waals surface area contributed by atoms with Crippen LogP contribution in [0.15, 0.2) is 0 Å². The van der Waals surface area contributed by atoms with Gasteiger partial charge in [-0.2, -0.15) is 5.10 Å². The van der Waals surface area contributed by atoms with Crippen LogP contribution in [0.25, 0.3) is 0 Å². The topological polar surface area (TPSA) is 86.9 Å². The van der Waals surface area contributed by atoms with Crippen LogP contribution in [0.5, 0.6) is 0 Å². The highest BCUT2D eigenvalue weighted by atomic mass is 16.1. The van der Waals surface area contributed by atoms with E-state index in [0.29, 0.717) is 0 Å². The van der Waals surface area contributed by atoms with Crippen molar-refractivity contribution in [2.75, 3.05) is 0 Å². The molecule has 0 radical (unpaired) electrons. The van der Waals surface area contributed by atoms with E-state index in [0.717, 1.165) is 17.0 Å². The van der Waals surface area contributed by atoms with Crippen molar-refractivity contribution in [2.45, 2.75) is 26.3 Å². The standard InChI is InChI=1S/C9H16N4O/c1-5-9(6(2)13(3)12-5)7(10)4-8(11)14/h7H,4,10H2,1-3H3,(H2,11,14). The Bertz CT molecular complexity index is 356. The van der Waals surface area contributed by atoms with Gasteiger partial charge in [0.2, 0.25) is 5.91 Å². The molecule has 1 heterocycles. The first-order valence-electron chi connectivity index (χ1n) is 4.47. The van der Waals surface area contributed by atoms with Gasteiger partial charge in [0.25, 0.3) is 0 Å². The van der Waals surface area contributed by atoms with Crippen molar-refractivity contribution >= 4 is 5.91 Å². The van der Waals surface area contributed by atoms with Crippen molar-refractivity contribution in [3.05, 3.63) is 17.0 Å². The van der Waals surface area contributed by atoms with Crippen LogP contribution in [0.2, 0.25) is 0 Å². The number of carbonyl (C=O) groups is 1. The molecule has 0 saturated carbocycles. The second kappa shape index (κ2) is 3.79. The molecule has 0 aliphatic rings. The van der Waals surface area contributed by atoms with Crippen LogP contribution in [0.3, 0.4) is 0 Å². The molecule has 0 saturated heterocycles. The fourth-order valence-electron chi connectivity index (χ4n) is 1.65. The normalized spacial score (nSPS) is 12.9. The Kier molecular flexibility index (Phi) is 2.90. The minimum atomic E-state index is -0.389. The van der Waals surface area contributed by atoms with Gasteiger partial charge in [-0.3, -0.25) is 9.48 Å². The molecule has 0 spiro atoms. The number of carbonyl (C=O) groups excluding carboxylic acids is 1. The number of amides is 1. The van der Waals surface area contributed by atoms with Gasteiger partial charge in [-0.25, -0.2) is 0 Å². The molecule has 1 aromatic heterocycles. The lowest BCUT2D eigenvalue weighted by Crippen LogP contribution is -2.21. The van der Waals surface area contributed by atoms with Crippen LogP contribution in [0.4, 0.5) is 0 Å². The van der Waals surface area contributed by atoms with Gasteiger partial charge in [-0.15, -0.1) is 0 Å². The average molecular weight is 196 g/mol. The Morgan fingerprint density at radius 3 is 2.50 bits per heavy atom. The molecule has 0 fully saturated rings. The number of hydrogen-bond donors (Lipinski definition) is 2. The third-order valence-electron chi connectivity index (χ3n) is 2.36. The summed E-state index contributed by atoms with van der Waals surface area (Å²) in [5, 5.41) is 4.22. The summed E-state index contributed by atoms with van der Waals surface area (Å²) in [5.41, 5.74) is 13.7. The van der Waals surface area contributed by atoms with Crippen LogP contribution >= 0.6 is 0 Å². The summed E-state index contributed by atoms with van der Waals surface area (Å²) >= 11 is 0. The van der Waals surface area contributed by atoms with Crippen LogP contribution in [0, 0.1) is 13.8 Å². The molecule has 78 valence electrons. The molecule has 1 rings (SSSR count). The maximum atomic E-state index is 10.7. The van der Waals surface area contributed by atoms with Crippen LogP contribution in [-0.2, 0) is 11.8 Å². The third kappa shape index (κ3) is 1.93. The molecule has 1 atom stereocenters. The van der Waals surface area contributed by atoms with Crippen LogP contribution < -0.4 is 11.5 Å². The van der Waals surface area contributed by atoms with E-state index in [9.17, 15) is 4.79 Å². The first kappa shape index (κ1) is 10.7. The first-order valence-corrected chi connectivity index (χ1v) is 4.47. The SMILES string of the molecule is Cc1nn(C)c(C)c1C(N)CC(N)=O. The van der Waals surface area contributed by atoms with Gasteiger partial charge in [-0.1, -0.05) is 0 Å². The number of hydrogen-bond acceptors (Lipinski definition) is 3. The number of aromatic nitrogens is 2. The van der Waals surface area contributed by atoms with E-state index in [2.05, 4.69) is 5.10 Å². The molecule has 4 N–H and O–H groups in total. The van der Waals surface area contributed by atoms with E-state index in [4.69, 9.17) is 11.5 Å². The summed E-state index contributed by atoms with van der Waals surface area (Å²) in [5.74, 6) is -0.389. The van der Waals surface area contributed by atoms with E-state index in [-0.39, 0.29) is 18.4 Å². The Hall–Kier alpha value is -1.36. The molecule has 0 bridgehead atoms. The molecule has 0 aliphatic heterocycles. The van der Waals surface area contributed by atoms with E-state index in [1.807, 2.05) is 20.9 Å². The van der Waals surface area contributed by atoms with Crippen molar-refractivity contribution in [1.29, 1.82) is 0 Å². The number of nitrogens with two attached hydrogens (primary N) is 2. The Balaban J connectivity index is 2.99. The highest BCUT2D eigenvalue weighted by Crippen LogP contribution is 2.21. The van der Waals surface area contributed by atoms with Crippen LogP contribution in [-0.4, -0.2) is 15.7 Å². The van der Waals surface area contributed by atoms with Gasteiger partial charge in [0.15, 0.2) is 0 Å². The lowest BCUT2D eigenvalue weighted by Gasteiger charge is -2.09. The summed E-state index contributed by atoms with van der Waals surface area (Å²) in [4.78, 5) is 10.7. The average Bonchev–Trinajstić information content (AvgIpc) is 2.25. The minimum Gasteiger partial charge on any atom is -0.370 e. The summed E-state index contributed by atoms with van der Waals surface area (Å²) in [7, 11) is 1.85. The van der Waals surface area contributed by atoms with Gasteiger partial charge in [0.1, 0.15) is 0 Å². The lowest BCUT2D eigenvalue weighted by atomic mass is 10.0. The first-order chi connectivity index (χ1) is 6.43. The Morgan fingerprint density at radius 1 is 1.57 bits per heavy atom. The Labute approximate surface area is 83.1 Å². The highest BCUT2D eigenvalue weighted by molar-refractivity contribution is 5.74. The van der Waals surface area contributed by atoms with Gasteiger partial charge < -0.3 is 11.5 Å². The molecule has 1 aromatic rings. The maximum absolute atomic E-state index is 10.7. The number of aryl methyl sites for hydroxylation is 2. The predicted molar refractivity (Wildman–Crippen MR) is 53.4 cm³/mol. The smallest absolute Gasteiger partial charge is 0.219 e. The largest absolute Gasteiger partial charge is 0.370 e. The fraction of sp³-hybridized carbons (Fsp3) is 0.556. The zero-order chi connectivity index (χ0) is 10.9. The van der Waals surface area contributed by atoms with E-state index in [1.165, 1.54) is 0 Å². The van der Waals surface area contributed by atoms with Gasteiger partial charge >= 0.3 is 0 Å². The number of nitrogens with zero attached hydrogens (tertiary/aromatic N) is 2. The second-order valence-electron chi connectivity index (χ2n) is 3.49. The van der Waals surface area contributed by atoms with Gasteiger partial charge in [-0.05, 0) is 13.8 Å². The van der Waals surface area contributed by atoms with Crippen molar-refractivity contribution in [3.63, 3.8) is 0 Å². The highest BCUT2D eigenvalue weighted by Gasteiger charge is 2.17. The monoisotopic (exact) mass is 196 g/mol. The molecule has 0 aromatic carbocycles. The predicted octanol–water partition coefficient (Wildman–Crippen LogP) is -0.0879. The molecule has 1 unspecified atom stereocenters. The van der Waals surface area contributed by atoms with Crippen LogP contribution in [0.1, 0.15) is 29.4 Å². The number of primary amides is 1. The molecular weight excluding hydrogens is 180 g/mol. The fourth-order valence-corrected chi connectivity index (χ4v) is 1.65. The molecule has 0 aliphatic carbocycles. The molecule has 5 heteroatoms. The second-order valence-corrected chi connectivity index (χ2v) is 3.49. The quantitative estimate of drug-likeness (QED) is 0.708. The molecular formula is C9H16N4O. The summed E-state index contributed by atoms with van der Waals surface area (Å²) in [6.07, 6.45) is 0.160. The third-order valence-corrected chi connectivity index (χ3v) is 2.36. The van der Waals surface area contributed by atoms with E-state index >= 15 is 0 Å². The summed E-state index contributed by atoms with van der Waals surface area (Å²) in [6, 6.07) is -0.346. The molecule has 5 nitrogen and oxygen atoms in total. The minimum absolute atomic E-state index is 0.160. The zero-order valence-electron chi connectivity index (χ0n) is 8.74. The lowest BCUT2D eigenvalue weighted by molar-refractivity contribution is -0.118. The summed E-state index contributed by atoms with van der Waals surface area (Å²) in [6.45, 7) is 3.80. The van der Waals surface area contributed by atoms with Crippen molar-refractivity contribution in [1.82, 2.24) is 9.78 Å². The summed E-state index contributed by atoms with van der Waals surface area (Å²) < 4.78 is 1.76. The Morgan fingerprint density at radius 2 is 2.14 bits per heavy atom. The molecule has 14 heavy (non-hydrogen) atoms. The van der Waals surface area contributed by atoms with Gasteiger partial charge in [0, 0.05) is 30.8 Å². The molecule has 1 amide bonds. The van der Waals surface area contributed by atoms with Crippen molar-refractivity contribution in [3.8, 4) is 0 Å². The maximum Gasteiger partial charge on any atom is 0.219 e. The van der Waals surface area contributed by atoms with Crippen molar-refractivity contribution in [2.24, 2.45) is 18.5 Å². The van der Waals surface area contributed by atoms with Gasteiger partial charge in [0.05, 0.1) is 5.69 Å². The zero-order valence-corrected chi connectivity index (χ0v) is 8.74.